The van der Waals surface area contributed by atoms with Crippen LogP contribution in [0.15, 0.2) is 24.3 Å². The lowest BCUT2D eigenvalue weighted by Gasteiger charge is -2.12. The predicted octanol–water partition coefficient (Wildman–Crippen LogP) is 1.59. The topological polar surface area (TPSA) is 18.5 Å². The first-order valence-corrected chi connectivity index (χ1v) is 5.98. The van der Waals surface area contributed by atoms with Gasteiger partial charge in [-0.25, -0.2) is 4.39 Å². The number of rotatable bonds is 5. The van der Waals surface area contributed by atoms with E-state index in [9.17, 15) is 4.39 Å². The maximum absolute atomic E-state index is 12.9. The first kappa shape index (κ1) is 11.4. The highest BCUT2D eigenvalue weighted by atomic mass is 28.3. The lowest BCUT2D eigenvalue weighted by molar-refractivity contribution is 0.225. The van der Waals surface area contributed by atoms with Crippen LogP contribution >= 0.6 is 0 Å². The van der Waals surface area contributed by atoms with Gasteiger partial charge in [-0.3, -0.25) is 0 Å². The van der Waals surface area contributed by atoms with Crippen LogP contribution in [0.2, 0.25) is 0 Å². The van der Waals surface area contributed by atoms with E-state index in [1.165, 1.54) is 12.1 Å². The highest BCUT2D eigenvalue weighted by Crippen LogP contribution is 1.97. The molecule has 0 aliphatic rings. The molecule has 0 unspecified atom stereocenters. The molecule has 0 fully saturated rings. The number of halogens is 1. The molecular formula is C10H14FO2Si. The monoisotopic (exact) mass is 213 g/mol. The number of hydrogen-bond donors (Lipinski definition) is 0. The van der Waals surface area contributed by atoms with Crippen molar-refractivity contribution in [2.24, 2.45) is 0 Å². The van der Waals surface area contributed by atoms with Gasteiger partial charge in [-0.2, -0.15) is 0 Å². The zero-order valence-corrected chi connectivity index (χ0v) is 9.42. The molecule has 1 aromatic rings. The van der Waals surface area contributed by atoms with Crippen LogP contribution in [0.5, 0.6) is 0 Å². The summed E-state index contributed by atoms with van der Waals surface area (Å²) in [5.74, 6) is -0.246. The maximum atomic E-state index is 12.9. The van der Waals surface area contributed by atoms with E-state index in [0.717, 1.165) is 5.19 Å². The minimum absolute atomic E-state index is 0.246. The number of benzene rings is 1. The highest BCUT2D eigenvalue weighted by molar-refractivity contribution is 6.61. The molecule has 0 spiro atoms. The summed E-state index contributed by atoms with van der Waals surface area (Å²) in [5, 5.41) is 0.818. The summed E-state index contributed by atoms with van der Waals surface area (Å²) in [4.78, 5) is 0. The van der Waals surface area contributed by atoms with E-state index < -0.39 is 9.28 Å². The molecule has 1 rings (SSSR count). The van der Waals surface area contributed by atoms with Gasteiger partial charge in [0.25, 0.3) is 0 Å². The SMILES string of the molecule is CCO[Si](OCC)c1cccc(F)c1. The van der Waals surface area contributed by atoms with E-state index in [-0.39, 0.29) is 5.82 Å². The molecule has 0 bridgehead atoms. The van der Waals surface area contributed by atoms with E-state index in [1.807, 2.05) is 19.9 Å². The Labute approximate surface area is 85.5 Å². The Morgan fingerprint density at radius 1 is 1.21 bits per heavy atom. The van der Waals surface area contributed by atoms with Crippen LogP contribution < -0.4 is 5.19 Å². The summed E-state index contributed by atoms with van der Waals surface area (Å²) < 4.78 is 23.8. The van der Waals surface area contributed by atoms with E-state index >= 15 is 0 Å². The third kappa shape index (κ3) is 3.21. The molecule has 1 aromatic carbocycles. The second-order valence-electron chi connectivity index (χ2n) is 2.66. The zero-order chi connectivity index (χ0) is 10.4. The molecule has 14 heavy (non-hydrogen) atoms. The molecule has 0 saturated carbocycles. The summed E-state index contributed by atoms with van der Waals surface area (Å²) in [6, 6.07) is 6.40. The van der Waals surface area contributed by atoms with Crippen molar-refractivity contribution in [2.45, 2.75) is 13.8 Å². The Kier molecular flexibility index (Phi) is 4.79. The molecule has 0 aliphatic heterocycles. The average Bonchev–Trinajstić information content (AvgIpc) is 2.17. The van der Waals surface area contributed by atoms with Crippen molar-refractivity contribution in [3.05, 3.63) is 30.1 Å². The van der Waals surface area contributed by atoms with Gasteiger partial charge < -0.3 is 8.85 Å². The van der Waals surface area contributed by atoms with E-state index in [1.54, 1.807) is 6.07 Å². The van der Waals surface area contributed by atoms with Crippen LogP contribution in [0, 0.1) is 5.82 Å². The Bertz CT molecular complexity index is 275. The summed E-state index contributed by atoms with van der Waals surface area (Å²) in [7, 11) is -1.49. The summed E-state index contributed by atoms with van der Waals surface area (Å²) in [6.07, 6.45) is 0. The van der Waals surface area contributed by atoms with Crippen molar-refractivity contribution in [3.63, 3.8) is 0 Å². The van der Waals surface area contributed by atoms with Gasteiger partial charge in [0.2, 0.25) is 0 Å². The van der Waals surface area contributed by atoms with Crippen molar-refractivity contribution in [1.82, 2.24) is 0 Å². The smallest absolute Gasteiger partial charge is 0.390 e. The molecule has 77 valence electrons. The molecule has 0 atom stereocenters. The molecule has 0 saturated heterocycles. The summed E-state index contributed by atoms with van der Waals surface area (Å²) >= 11 is 0. The second kappa shape index (κ2) is 5.90. The lowest BCUT2D eigenvalue weighted by atomic mass is 10.3. The van der Waals surface area contributed by atoms with Gasteiger partial charge in [-0.1, -0.05) is 12.1 Å². The standard InChI is InChI=1S/C10H14FO2Si/c1-3-12-14(13-4-2)10-7-5-6-9(11)8-10/h5-8H,3-4H2,1-2H3. The van der Waals surface area contributed by atoms with Crippen molar-refractivity contribution >= 4 is 14.5 Å². The van der Waals surface area contributed by atoms with E-state index in [2.05, 4.69) is 0 Å². The van der Waals surface area contributed by atoms with E-state index in [0.29, 0.717) is 13.2 Å². The van der Waals surface area contributed by atoms with Crippen LogP contribution in [0.1, 0.15) is 13.8 Å². The number of hydrogen-bond acceptors (Lipinski definition) is 2. The van der Waals surface area contributed by atoms with Gasteiger partial charge in [0.15, 0.2) is 0 Å². The summed E-state index contributed by atoms with van der Waals surface area (Å²) in [6.45, 7) is 4.99. The largest absolute Gasteiger partial charge is 0.423 e. The van der Waals surface area contributed by atoms with Gasteiger partial charge in [0.05, 0.1) is 0 Å². The van der Waals surface area contributed by atoms with Crippen molar-refractivity contribution in [1.29, 1.82) is 0 Å². The van der Waals surface area contributed by atoms with Crippen molar-refractivity contribution < 1.29 is 13.2 Å². The van der Waals surface area contributed by atoms with Gasteiger partial charge >= 0.3 is 9.28 Å². The Balaban J connectivity index is 2.75. The second-order valence-corrected chi connectivity index (χ2v) is 4.39. The normalized spacial score (nSPS) is 10.9. The van der Waals surface area contributed by atoms with Crippen LogP contribution in [0.4, 0.5) is 4.39 Å². The third-order valence-corrected chi connectivity index (χ3v) is 3.50. The van der Waals surface area contributed by atoms with Gasteiger partial charge in [0, 0.05) is 13.2 Å². The first-order valence-electron chi connectivity index (χ1n) is 4.66. The Hall–Kier alpha value is -0.713. The molecular weight excluding hydrogens is 199 g/mol. The molecule has 0 aliphatic carbocycles. The van der Waals surface area contributed by atoms with E-state index in [4.69, 9.17) is 8.85 Å². The lowest BCUT2D eigenvalue weighted by Crippen LogP contribution is -2.37. The molecule has 0 heterocycles. The molecule has 2 nitrogen and oxygen atoms in total. The fourth-order valence-electron chi connectivity index (χ4n) is 1.09. The Morgan fingerprint density at radius 3 is 2.36 bits per heavy atom. The van der Waals surface area contributed by atoms with Gasteiger partial charge in [-0.05, 0) is 31.2 Å². The fraction of sp³-hybridized carbons (Fsp3) is 0.400. The summed E-state index contributed by atoms with van der Waals surface area (Å²) in [5.41, 5.74) is 0. The van der Waals surface area contributed by atoms with Gasteiger partial charge in [0.1, 0.15) is 5.82 Å². The molecule has 1 radical (unpaired) electrons. The van der Waals surface area contributed by atoms with Crippen molar-refractivity contribution in [2.75, 3.05) is 13.2 Å². The maximum Gasteiger partial charge on any atom is 0.423 e. The minimum Gasteiger partial charge on any atom is -0.390 e. The van der Waals surface area contributed by atoms with Crippen LogP contribution in [-0.4, -0.2) is 22.5 Å². The molecule has 4 heteroatoms. The molecule has 0 aromatic heterocycles. The first-order chi connectivity index (χ1) is 6.77. The zero-order valence-electron chi connectivity index (χ0n) is 8.42. The van der Waals surface area contributed by atoms with Crippen LogP contribution in [0.25, 0.3) is 0 Å². The fourth-order valence-corrected chi connectivity index (χ4v) is 2.52. The Morgan fingerprint density at radius 2 is 1.86 bits per heavy atom. The van der Waals surface area contributed by atoms with Crippen LogP contribution in [0.3, 0.4) is 0 Å². The molecule has 0 amide bonds. The average molecular weight is 213 g/mol. The quantitative estimate of drug-likeness (QED) is 0.692. The van der Waals surface area contributed by atoms with Crippen molar-refractivity contribution in [3.8, 4) is 0 Å². The third-order valence-electron chi connectivity index (χ3n) is 1.61. The predicted molar refractivity (Wildman–Crippen MR) is 55.0 cm³/mol. The van der Waals surface area contributed by atoms with Crippen LogP contribution in [-0.2, 0) is 8.85 Å². The highest BCUT2D eigenvalue weighted by Gasteiger charge is 2.17. The minimum atomic E-state index is -1.49. The molecule has 0 N–H and O–H groups in total. The van der Waals surface area contributed by atoms with Gasteiger partial charge in [-0.15, -0.1) is 0 Å².